The van der Waals surface area contributed by atoms with Crippen molar-refractivity contribution in [3.05, 3.63) is 0 Å². The summed E-state index contributed by atoms with van der Waals surface area (Å²) in [5, 5.41) is 17.5. The summed E-state index contributed by atoms with van der Waals surface area (Å²) < 4.78 is -0.0277. The van der Waals surface area contributed by atoms with Crippen LogP contribution in [0.2, 0.25) is 0 Å². The molecule has 6 heteroatoms. The number of carbonyl (C=O) groups is 2. The first-order chi connectivity index (χ1) is 9.45. The van der Waals surface area contributed by atoms with Crippen molar-refractivity contribution in [3.8, 4) is 0 Å². The van der Waals surface area contributed by atoms with E-state index in [1.54, 1.807) is 23.5 Å². The van der Waals surface area contributed by atoms with E-state index in [-0.39, 0.29) is 16.9 Å². The van der Waals surface area contributed by atoms with Crippen molar-refractivity contribution < 1.29 is 19.8 Å². The lowest BCUT2D eigenvalue weighted by Crippen LogP contribution is -2.21. The minimum absolute atomic E-state index is 0.0277. The third kappa shape index (κ3) is 9.53. The molecule has 0 fully saturated rings. The highest BCUT2D eigenvalue weighted by Gasteiger charge is 2.29. The van der Waals surface area contributed by atoms with Gasteiger partial charge in [-0.1, -0.05) is 33.1 Å². The highest BCUT2D eigenvalue weighted by molar-refractivity contribution is 8.18. The van der Waals surface area contributed by atoms with Gasteiger partial charge in [0.1, 0.15) is 0 Å². The molecule has 0 aromatic rings. The van der Waals surface area contributed by atoms with E-state index >= 15 is 0 Å². The molecule has 0 amide bonds. The molecule has 2 N–H and O–H groups in total. The van der Waals surface area contributed by atoms with E-state index in [9.17, 15) is 9.59 Å². The lowest BCUT2D eigenvalue weighted by molar-refractivity contribution is -0.137. The molecule has 0 spiro atoms. The molecular weight excluding hydrogens is 296 g/mol. The van der Waals surface area contributed by atoms with Crippen LogP contribution in [0.25, 0.3) is 0 Å². The third-order valence-electron chi connectivity index (χ3n) is 3.06. The second-order valence-corrected chi connectivity index (χ2v) is 7.92. The van der Waals surface area contributed by atoms with Gasteiger partial charge >= 0.3 is 11.9 Å². The van der Waals surface area contributed by atoms with Gasteiger partial charge in [0.05, 0.1) is 16.9 Å². The van der Waals surface area contributed by atoms with Gasteiger partial charge in [0.2, 0.25) is 0 Å². The zero-order valence-electron chi connectivity index (χ0n) is 12.4. The Labute approximate surface area is 130 Å². The van der Waals surface area contributed by atoms with Crippen molar-refractivity contribution in [2.45, 2.75) is 62.9 Å². The van der Waals surface area contributed by atoms with Crippen LogP contribution in [0.15, 0.2) is 0 Å². The number of carboxylic acids is 2. The number of thioether (sulfide) groups is 2. The highest BCUT2D eigenvalue weighted by atomic mass is 32.2. The average Bonchev–Trinajstić information content (AvgIpc) is 2.37. The second kappa shape index (κ2) is 11.3. The molecule has 0 aliphatic rings. The molecule has 0 unspecified atom stereocenters. The maximum Gasteiger partial charge on any atom is 0.304 e. The fourth-order valence-corrected chi connectivity index (χ4v) is 4.98. The molecule has 0 aromatic heterocycles. The molecule has 118 valence electrons. The van der Waals surface area contributed by atoms with Crippen molar-refractivity contribution >= 4 is 35.5 Å². The monoisotopic (exact) mass is 322 g/mol. The van der Waals surface area contributed by atoms with E-state index in [0.29, 0.717) is 11.5 Å². The highest BCUT2D eigenvalue weighted by Crippen LogP contribution is 2.45. The van der Waals surface area contributed by atoms with Crippen LogP contribution >= 0.6 is 23.5 Å². The Balaban J connectivity index is 4.42. The first-order valence-electron chi connectivity index (χ1n) is 7.17. The van der Waals surface area contributed by atoms with Gasteiger partial charge in [0, 0.05) is 11.5 Å². The molecule has 0 radical (unpaired) electrons. The zero-order valence-corrected chi connectivity index (χ0v) is 14.0. The molecule has 0 heterocycles. The van der Waals surface area contributed by atoms with Gasteiger partial charge < -0.3 is 10.2 Å². The molecule has 4 nitrogen and oxygen atoms in total. The van der Waals surface area contributed by atoms with E-state index in [0.717, 1.165) is 25.7 Å². The Kier molecular flexibility index (Phi) is 11.1. The fourth-order valence-electron chi connectivity index (χ4n) is 1.86. The summed E-state index contributed by atoms with van der Waals surface area (Å²) in [6.07, 6.45) is 5.72. The molecule has 0 rings (SSSR count). The predicted octanol–water partition coefficient (Wildman–Crippen LogP) is 4.09. The largest absolute Gasteiger partial charge is 0.481 e. The van der Waals surface area contributed by atoms with Crippen molar-refractivity contribution in [2.24, 2.45) is 0 Å². The van der Waals surface area contributed by atoms with Gasteiger partial charge in [0.15, 0.2) is 0 Å². The van der Waals surface area contributed by atoms with Crippen LogP contribution < -0.4 is 0 Å². The Bertz CT molecular complexity index is 275. The number of hydrogen-bond donors (Lipinski definition) is 2. The van der Waals surface area contributed by atoms with Crippen LogP contribution in [0, 0.1) is 0 Å². The topological polar surface area (TPSA) is 74.6 Å². The number of unbranched alkanes of at least 4 members (excludes halogenated alkanes) is 2. The van der Waals surface area contributed by atoms with Crippen LogP contribution in [0.4, 0.5) is 0 Å². The Morgan fingerprint density at radius 2 is 1.45 bits per heavy atom. The van der Waals surface area contributed by atoms with Gasteiger partial charge in [-0.3, -0.25) is 9.59 Å². The maximum absolute atomic E-state index is 10.6. The van der Waals surface area contributed by atoms with E-state index in [2.05, 4.69) is 13.8 Å². The molecule has 0 aliphatic carbocycles. The molecule has 0 bridgehead atoms. The van der Waals surface area contributed by atoms with Crippen LogP contribution in [0.5, 0.6) is 0 Å². The summed E-state index contributed by atoms with van der Waals surface area (Å²) in [5.41, 5.74) is 0. The fraction of sp³-hybridized carbons (Fsp3) is 0.857. The van der Waals surface area contributed by atoms with Crippen LogP contribution in [-0.2, 0) is 9.59 Å². The minimum Gasteiger partial charge on any atom is -0.481 e. The number of rotatable bonds is 13. The molecule has 0 aliphatic heterocycles. The zero-order chi connectivity index (χ0) is 15.4. The van der Waals surface area contributed by atoms with Crippen LogP contribution in [0.1, 0.15) is 58.8 Å². The molecule has 20 heavy (non-hydrogen) atoms. The Morgan fingerprint density at radius 3 is 1.80 bits per heavy atom. The first kappa shape index (κ1) is 19.6. The summed E-state index contributed by atoms with van der Waals surface area (Å²) in [7, 11) is 0. The van der Waals surface area contributed by atoms with Gasteiger partial charge in [-0.2, -0.15) is 0 Å². The summed E-state index contributed by atoms with van der Waals surface area (Å²) in [5.74, 6) is -0.358. The lowest BCUT2D eigenvalue weighted by Gasteiger charge is -2.31. The van der Waals surface area contributed by atoms with Gasteiger partial charge in [-0.25, -0.2) is 0 Å². The van der Waals surface area contributed by atoms with E-state index in [4.69, 9.17) is 10.2 Å². The SMILES string of the molecule is CCCCCC(CC)(SCCC(=O)O)SCCC(=O)O. The van der Waals surface area contributed by atoms with Crippen molar-refractivity contribution in [3.63, 3.8) is 0 Å². The molecule has 0 saturated carbocycles. The van der Waals surface area contributed by atoms with Gasteiger partial charge in [-0.15, -0.1) is 23.5 Å². The van der Waals surface area contributed by atoms with Gasteiger partial charge in [0.25, 0.3) is 0 Å². The number of aliphatic carboxylic acids is 2. The summed E-state index contributed by atoms with van der Waals surface area (Å²) in [6.45, 7) is 4.26. The average molecular weight is 322 g/mol. The smallest absolute Gasteiger partial charge is 0.304 e. The van der Waals surface area contributed by atoms with Crippen LogP contribution in [0.3, 0.4) is 0 Å². The van der Waals surface area contributed by atoms with E-state index < -0.39 is 11.9 Å². The summed E-state index contributed by atoms with van der Waals surface area (Å²) in [4.78, 5) is 21.3. The summed E-state index contributed by atoms with van der Waals surface area (Å²) in [6, 6.07) is 0. The number of hydrogen-bond acceptors (Lipinski definition) is 4. The standard InChI is InChI=1S/C14H26O4S2/c1-3-5-6-9-14(4-2,19-10-7-12(15)16)20-11-8-13(17)18/h3-11H2,1-2H3,(H,15,16)(H,17,18). The lowest BCUT2D eigenvalue weighted by atomic mass is 10.1. The predicted molar refractivity (Wildman–Crippen MR) is 86.6 cm³/mol. The van der Waals surface area contributed by atoms with Crippen molar-refractivity contribution in [1.29, 1.82) is 0 Å². The van der Waals surface area contributed by atoms with E-state index in [1.165, 1.54) is 6.42 Å². The molecule has 0 aromatic carbocycles. The Hall–Kier alpha value is -0.360. The molecule has 0 atom stereocenters. The summed E-state index contributed by atoms with van der Waals surface area (Å²) >= 11 is 3.38. The van der Waals surface area contributed by atoms with Crippen LogP contribution in [-0.4, -0.2) is 37.7 Å². The maximum atomic E-state index is 10.6. The van der Waals surface area contributed by atoms with Crippen molar-refractivity contribution in [2.75, 3.05) is 11.5 Å². The first-order valence-corrected chi connectivity index (χ1v) is 9.14. The normalized spacial score (nSPS) is 11.5. The van der Waals surface area contributed by atoms with Crippen molar-refractivity contribution in [1.82, 2.24) is 0 Å². The molecular formula is C14H26O4S2. The number of carboxylic acid groups (broad SMARTS) is 2. The quantitative estimate of drug-likeness (QED) is 0.393. The molecule has 0 saturated heterocycles. The Morgan fingerprint density at radius 1 is 0.950 bits per heavy atom. The second-order valence-electron chi connectivity index (χ2n) is 4.71. The minimum atomic E-state index is -0.772. The third-order valence-corrected chi connectivity index (χ3v) is 6.62. The van der Waals surface area contributed by atoms with E-state index in [1.807, 2.05) is 0 Å². The van der Waals surface area contributed by atoms with Gasteiger partial charge in [-0.05, 0) is 12.8 Å².